The number of amides is 2. The minimum atomic E-state index is -0.759. The van der Waals surface area contributed by atoms with E-state index in [1.165, 1.54) is 6.20 Å². The highest BCUT2D eigenvalue weighted by Crippen LogP contribution is 2.24. The lowest BCUT2D eigenvalue weighted by atomic mass is 9.86. The van der Waals surface area contributed by atoms with Gasteiger partial charge in [-0.25, -0.2) is 9.78 Å². The average Bonchev–Trinajstić information content (AvgIpc) is 3.02. The van der Waals surface area contributed by atoms with Crippen molar-refractivity contribution >= 4 is 17.7 Å². The van der Waals surface area contributed by atoms with Crippen molar-refractivity contribution in [1.82, 2.24) is 20.4 Å². The molecular formula is C16H19N5O4. The van der Waals surface area contributed by atoms with Crippen LogP contribution in [0.25, 0.3) is 11.6 Å². The molecule has 25 heavy (non-hydrogen) atoms. The van der Waals surface area contributed by atoms with E-state index in [4.69, 9.17) is 9.63 Å². The van der Waals surface area contributed by atoms with Crippen LogP contribution in [0.2, 0.25) is 0 Å². The van der Waals surface area contributed by atoms with E-state index in [1.807, 2.05) is 0 Å². The number of anilines is 1. The summed E-state index contributed by atoms with van der Waals surface area (Å²) in [4.78, 5) is 31.3. The monoisotopic (exact) mass is 345 g/mol. The molecule has 0 bridgehead atoms. The fourth-order valence-corrected chi connectivity index (χ4v) is 2.83. The highest BCUT2D eigenvalue weighted by atomic mass is 16.5. The van der Waals surface area contributed by atoms with E-state index in [0.717, 1.165) is 0 Å². The van der Waals surface area contributed by atoms with Gasteiger partial charge in [-0.1, -0.05) is 5.16 Å². The number of carboxylic acids is 1. The molecule has 1 aliphatic rings. The minimum Gasteiger partial charge on any atom is -0.481 e. The standard InChI is InChI=1S/C16H19N5O4/c1-9-18-14(25-21-9)13-7-6-12(8-17-13)20-16(24)19-11-4-2-10(3-5-11)15(22)23/h6-8,10-11H,2-5H2,1H3,(H,22,23)(H2,19,20,24). The first-order valence-corrected chi connectivity index (χ1v) is 8.08. The molecule has 0 atom stereocenters. The third kappa shape index (κ3) is 4.31. The molecule has 2 heterocycles. The van der Waals surface area contributed by atoms with Gasteiger partial charge in [0.15, 0.2) is 5.82 Å². The maximum absolute atomic E-state index is 12.0. The second kappa shape index (κ2) is 7.29. The van der Waals surface area contributed by atoms with E-state index in [2.05, 4.69) is 25.8 Å². The Morgan fingerprint density at radius 3 is 2.56 bits per heavy atom. The molecule has 3 N–H and O–H groups in total. The van der Waals surface area contributed by atoms with Crippen molar-refractivity contribution in [1.29, 1.82) is 0 Å². The Labute approximate surface area is 143 Å². The van der Waals surface area contributed by atoms with Gasteiger partial charge in [-0.15, -0.1) is 0 Å². The molecule has 2 aromatic heterocycles. The normalized spacial score (nSPS) is 20.0. The maximum atomic E-state index is 12.0. The second-order valence-corrected chi connectivity index (χ2v) is 6.06. The van der Waals surface area contributed by atoms with E-state index < -0.39 is 5.97 Å². The number of nitrogens with zero attached hydrogens (tertiary/aromatic N) is 3. The van der Waals surface area contributed by atoms with E-state index in [1.54, 1.807) is 19.1 Å². The number of aromatic nitrogens is 3. The van der Waals surface area contributed by atoms with Crippen molar-refractivity contribution in [2.45, 2.75) is 38.6 Å². The third-order valence-corrected chi connectivity index (χ3v) is 4.18. The molecule has 1 fully saturated rings. The van der Waals surface area contributed by atoms with Crippen LogP contribution in [0.3, 0.4) is 0 Å². The molecule has 132 valence electrons. The number of pyridine rings is 1. The topological polar surface area (TPSA) is 130 Å². The molecule has 2 aromatic rings. The van der Waals surface area contributed by atoms with Gasteiger partial charge in [0, 0.05) is 6.04 Å². The smallest absolute Gasteiger partial charge is 0.319 e. The Balaban J connectivity index is 1.51. The Morgan fingerprint density at radius 1 is 1.24 bits per heavy atom. The van der Waals surface area contributed by atoms with E-state index in [-0.39, 0.29) is 18.0 Å². The number of aryl methyl sites for hydroxylation is 1. The van der Waals surface area contributed by atoms with Crippen LogP contribution >= 0.6 is 0 Å². The number of hydrogen-bond acceptors (Lipinski definition) is 6. The number of nitrogens with one attached hydrogen (secondary N) is 2. The van der Waals surface area contributed by atoms with Crippen molar-refractivity contribution in [3.05, 3.63) is 24.2 Å². The van der Waals surface area contributed by atoms with Gasteiger partial charge < -0.3 is 20.3 Å². The van der Waals surface area contributed by atoms with Crippen LogP contribution in [0.4, 0.5) is 10.5 Å². The molecule has 0 radical (unpaired) electrons. The predicted octanol–water partition coefficient (Wildman–Crippen LogP) is 2.20. The van der Waals surface area contributed by atoms with Crippen LogP contribution in [-0.4, -0.2) is 38.3 Å². The predicted molar refractivity (Wildman–Crippen MR) is 87.8 cm³/mol. The van der Waals surface area contributed by atoms with Gasteiger partial charge in [-0.05, 0) is 44.7 Å². The first kappa shape index (κ1) is 16.9. The molecule has 0 aliphatic heterocycles. The zero-order chi connectivity index (χ0) is 17.8. The molecule has 1 aliphatic carbocycles. The lowest BCUT2D eigenvalue weighted by Crippen LogP contribution is -2.41. The van der Waals surface area contributed by atoms with Gasteiger partial charge in [-0.2, -0.15) is 4.98 Å². The van der Waals surface area contributed by atoms with Crippen LogP contribution in [0.15, 0.2) is 22.9 Å². The van der Waals surface area contributed by atoms with Gasteiger partial charge in [-0.3, -0.25) is 4.79 Å². The molecular weight excluding hydrogens is 326 g/mol. The molecule has 9 heteroatoms. The highest BCUT2D eigenvalue weighted by Gasteiger charge is 2.26. The van der Waals surface area contributed by atoms with Crippen molar-refractivity contribution < 1.29 is 19.2 Å². The van der Waals surface area contributed by atoms with Crippen LogP contribution in [0.5, 0.6) is 0 Å². The number of aliphatic carboxylic acids is 1. The summed E-state index contributed by atoms with van der Waals surface area (Å²) in [7, 11) is 0. The Kier molecular flexibility index (Phi) is 4.92. The fourth-order valence-electron chi connectivity index (χ4n) is 2.83. The number of carboxylic acid groups (broad SMARTS) is 1. The lowest BCUT2D eigenvalue weighted by Gasteiger charge is -2.26. The number of rotatable bonds is 4. The summed E-state index contributed by atoms with van der Waals surface area (Å²) in [6.45, 7) is 1.72. The average molecular weight is 345 g/mol. The summed E-state index contributed by atoms with van der Waals surface area (Å²) in [5.74, 6) is -0.212. The molecule has 0 aromatic carbocycles. The van der Waals surface area contributed by atoms with E-state index in [0.29, 0.717) is 48.8 Å². The van der Waals surface area contributed by atoms with Crippen LogP contribution < -0.4 is 10.6 Å². The lowest BCUT2D eigenvalue weighted by molar-refractivity contribution is -0.142. The SMILES string of the molecule is Cc1noc(-c2ccc(NC(=O)NC3CCC(C(=O)O)CC3)cn2)n1. The molecule has 1 saturated carbocycles. The van der Waals surface area contributed by atoms with Gasteiger partial charge in [0.25, 0.3) is 5.89 Å². The van der Waals surface area contributed by atoms with Crippen molar-refractivity contribution in [2.75, 3.05) is 5.32 Å². The third-order valence-electron chi connectivity index (χ3n) is 4.18. The highest BCUT2D eigenvalue weighted by molar-refractivity contribution is 5.89. The second-order valence-electron chi connectivity index (χ2n) is 6.06. The molecule has 0 saturated heterocycles. The molecule has 0 spiro atoms. The Bertz CT molecular complexity index is 750. The molecule has 9 nitrogen and oxygen atoms in total. The number of carbonyl (C=O) groups is 2. The fraction of sp³-hybridized carbons (Fsp3) is 0.438. The largest absolute Gasteiger partial charge is 0.481 e. The number of carbonyl (C=O) groups excluding carboxylic acids is 1. The summed E-state index contributed by atoms with van der Waals surface area (Å²) in [6, 6.07) is 3.04. The number of hydrogen-bond donors (Lipinski definition) is 3. The van der Waals surface area contributed by atoms with Crippen LogP contribution in [0, 0.1) is 12.8 Å². The Hall–Kier alpha value is -2.97. The van der Waals surface area contributed by atoms with Gasteiger partial charge >= 0.3 is 12.0 Å². The zero-order valence-electron chi connectivity index (χ0n) is 13.7. The van der Waals surface area contributed by atoms with Gasteiger partial charge in [0.05, 0.1) is 17.8 Å². The molecule has 3 rings (SSSR count). The van der Waals surface area contributed by atoms with Gasteiger partial charge in [0.1, 0.15) is 5.69 Å². The number of urea groups is 1. The van der Waals surface area contributed by atoms with Crippen LogP contribution in [0.1, 0.15) is 31.5 Å². The summed E-state index contributed by atoms with van der Waals surface area (Å²) in [6.07, 6.45) is 4.01. The van der Waals surface area contributed by atoms with E-state index in [9.17, 15) is 9.59 Å². The van der Waals surface area contributed by atoms with Crippen molar-refractivity contribution in [3.8, 4) is 11.6 Å². The van der Waals surface area contributed by atoms with E-state index >= 15 is 0 Å². The maximum Gasteiger partial charge on any atom is 0.319 e. The molecule has 2 amide bonds. The van der Waals surface area contributed by atoms with Crippen LogP contribution in [-0.2, 0) is 4.79 Å². The Morgan fingerprint density at radius 2 is 2.00 bits per heavy atom. The summed E-state index contributed by atoms with van der Waals surface area (Å²) in [5, 5.41) is 18.3. The minimum absolute atomic E-state index is 0.01000. The summed E-state index contributed by atoms with van der Waals surface area (Å²) in [5.41, 5.74) is 1.07. The van der Waals surface area contributed by atoms with Crippen molar-refractivity contribution in [3.63, 3.8) is 0 Å². The van der Waals surface area contributed by atoms with Crippen molar-refractivity contribution in [2.24, 2.45) is 5.92 Å². The summed E-state index contributed by atoms with van der Waals surface area (Å²) < 4.78 is 5.03. The summed E-state index contributed by atoms with van der Waals surface area (Å²) >= 11 is 0. The first-order valence-electron chi connectivity index (χ1n) is 8.08. The zero-order valence-corrected chi connectivity index (χ0v) is 13.7. The van der Waals surface area contributed by atoms with Gasteiger partial charge in [0.2, 0.25) is 0 Å². The quantitative estimate of drug-likeness (QED) is 0.774. The first-order chi connectivity index (χ1) is 12.0. The molecule has 0 unspecified atom stereocenters.